The van der Waals surface area contributed by atoms with Crippen molar-refractivity contribution < 1.29 is 9.53 Å². The minimum absolute atomic E-state index is 0.358. The van der Waals surface area contributed by atoms with Crippen LogP contribution in [-0.4, -0.2) is 18.0 Å². The summed E-state index contributed by atoms with van der Waals surface area (Å²) in [6, 6.07) is 0. The summed E-state index contributed by atoms with van der Waals surface area (Å²) >= 11 is 0. The molecule has 0 heterocycles. The van der Waals surface area contributed by atoms with Gasteiger partial charge >= 0.3 is 0 Å². The van der Waals surface area contributed by atoms with Gasteiger partial charge in [-0.3, -0.25) is 4.79 Å². The van der Waals surface area contributed by atoms with Gasteiger partial charge in [0, 0.05) is 13.0 Å². The summed E-state index contributed by atoms with van der Waals surface area (Å²) in [5.41, 5.74) is -0.432. The Morgan fingerprint density at radius 2 is 1.94 bits per heavy atom. The number of ether oxygens (including phenoxy) is 1. The molecular weight excluding hydrogens is 224 g/mol. The molecule has 0 saturated heterocycles. The topological polar surface area (TPSA) is 26.3 Å². The molecule has 2 heteroatoms. The fraction of sp³-hybridized carbons (Fsp3) is 0.938. The summed E-state index contributed by atoms with van der Waals surface area (Å²) in [6.45, 7) is 9.36. The van der Waals surface area contributed by atoms with Crippen LogP contribution in [0.4, 0.5) is 0 Å². The van der Waals surface area contributed by atoms with Crippen molar-refractivity contribution in [3.8, 4) is 0 Å². The molecule has 0 atom stereocenters. The maximum Gasteiger partial charge on any atom is 0.164 e. The van der Waals surface area contributed by atoms with Crippen molar-refractivity contribution in [2.45, 2.75) is 78.2 Å². The number of carbonyl (C=O) groups excluding carboxylic acids is 1. The van der Waals surface area contributed by atoms with E-state index in [0.717, 1.165) is 44.4 Å². The van der Waals surface area contributed by atoms with E-state index in [-0.39, 0.29) is 0 Å². The Kier molecular flexibility index (Phi) is 6.34. The molecule has 1 aliphatic carbocycles. The van der Waals surface area contributed by atoms with Gasteiger partial charge in [0.15, 0.2) is 5.78 Å². The van der Waals surface area contributed by atoms with Crippen molar-refractivity contribution in [3.05, 3.63) is 0 Å². The molecule has 18 heavy (non-hydrogen) atoms. The van der Waals surface area contributed by atoms with Gasteiger partial charge in [0.2, 0.25) is 0 Å². The number of ketones is 1. The highest BCUT2D eigenvalue weighted by molar-refractivity contribution is 5.87. The Bertz CT molecular complexity index is 250. The third-order valence-corrected chi connectivity index (χ3v) is 4.20. The fourth-order valence-electron chi connectivity index (χ4n) is 2.91. The van der Waals surface area contributed by atoms with Crippen LogP contribution < -0.4 is 0 Å². The van der Waals surface area contributed by atoms with Gasteiger partial charge in [0.05, 0.1) is 0 Å². The summed E-state index contributed by atoms with van der Waals surface area (Å²) < 4.78 is 5.89. The standard InChI is InChI=1S/C16H30O2/c1-5-18-16(11-9-14(4)10-12-16)15(17)8-6-7-13(2)3/h13-14H,5-12H2,1-4H3. The molecule has 0 aromatic carbocycles. The predicted octanol–water partition coefficient (Wildman–Crippen LogP) is 4.37. The van der Waals surface area contributed by atoms with E-state index in [1.54, 1.807) is 0 Å². The first kappa shape index (κ1) is 15.7. The molecule has 1 saturated carbocycles. The van der Waals surface area contributed by atoms with Gasteiger partial charge in [-0.05, 0) is 50.9 Å². The normalized spacial score (nSPS) is 28.6. The zero-order chi connectivity index (χ0) is 13.6. The lowest BCUT2D eigenvalue weighted by Crippen LogP contribution is -2.44. The Hall–Kier alpha value is -0.370. The fourth-order valence-corrected chi connectivity index (χ4v) is 2.91. The molecule has 0 amide bonds. The van der Waals surface area contributed by atoms with Gasteiger partial charge in [0.25, 0.3) is 0 Å². The molecule has 0 radical (unpaired) electrons. The highest BCUT2D eigenvalue weighted by Crippen LogP contribution is 2.36. The lowest BCUT2D eigenvalue weighted by atomic mass is 9.76. The van der Waals surface area contributed by atoms with Gasteiger partial charge in [-0.25, -0.2) is 0 Å². The number of hydrogen-bond acceptors (Lipinski definition) is 2. The summed E-state index contributed by atoms with van der Waals surface area (Å²) in [6.07, 6.45) is 6.99. The number of rotatable bonds is 7. The highest BCUT2D eigenvalue weighted by atomic mass is 16.5. The first-order valence-electron chi connectivity index (χ1n) is 7.67. The number of hydrogen-bond donors (Lipinski definition) is 0. The Balaban J connectivity index is 2.52. The Labute approximate surface area is 112 Å². The van der Waals surface area contributed by atoms with Crippen LogP contribution in [0, 0.1) is 11.8 Å². The molecule has 0 aliphatic heterocycles. The molecule has 1 aliphatic rings. The molecule has 0 aromatic rings. The molecule has 2 nitrogen and oxygen atoms in total. The van der Waals surface area contributed by atoms with Crippen LogP contribution in [0.3, 0.4) is 0 Å². The van der Waals surface area contributed by atoms with E-state index in [0.29, 0.717) is 24.7 Å². The van der Waals surface area contributed by atoms with E-state index >= 15 is 0 Å². The molecule has 0 N–H and O–H groups in total. The summed E-state index contributed by atoms with van der Waals surface area (Å²) in [5, 5.41) is 0. The third kappa shape index (κ3) is 4.38. The predicted molar refractivity (Wildman–Crippen MR) is 75.7 cm³/mol. The van der Waals surface area contributed by atoms with Crippen molar-refractivity contribution in [3.63, 3.8) is 0 Å². The van der Waals surface area contributed by atoms with Crippen LogP contribution in [-0.2, 0) is 9.53 Å². The van der Waals surface area contributed by atoms with Crippen LogP contribution in [0.25, 0.3) is 0 Å². The summed E-state index contributed by atoms with van der Waals surface area (Å²) in [4.78, 5) is 12.5. The van der Waals surface area contributed by atoms with Crippen LogP contribution in [0.2, 0.25) is 0 Å². The lowest BCUT2D eigenvalue weighted by Gasteiger charge is -2.38. The van der Waals surface area contributed by atoms with Crippen LogP contribution in [0.1, 0.15) is 72.6 Å². The van der Waals surface area contributed by atoms with Gasteiger partial charge < -0.3 is 4.74 Å². The van der Waals surface area contributed by atoms with Crippen molar-refractivity contribution in [2.24, 2.45) is 11.8 Å². The zero-order valence-electron chi connectivity index (χ0n) is 12.6. The number of carbonyl (C=O) groups is 1. The minimum Gasteiger partial charge on any atom is -0.368 e. The van der Waals surface area contributed by atoms with Crippen LogP contribution in [0.15, 0.2) is 0 Å². The average molecular weight is 254 g/mol. The lowest BCUT2D eigenvalue weighted by molar-refractivity contribution is -0.150. The monoisotopic (exact) mass is 254 g/mol. The summed E-state index contributed by atoms with van der Waals surface area (Å²) in [5.74, 6) is 1.80. The molecule has 106 valence electrons. The Morgan fingerprint density at radius 1 is 1.33 bits per heavy atom. The smallest absolute Gasteiger partial charge is 0.164 e. The van der Waals surface area contributed by atoms with Crippen molar-refractivity contribution in [2.75, 3.05) is 6.61 Å². The third-order valence-electron chi connectivity index (χ3n) is 4.20. The SMILES string of the molecule is CCOC1(C(=O)CCCC(C)C)CCC(C)CC1. The number of Topliss-reactive ketones (excluding diaryl/α,β-unsaturated/α-hetero) is 1. The van der Waals surface area contributed by atoms with Crippen molar-refractivity contribution in [1.82, 2.24) is 0 Å². The second-order valence-electron chi connectivity index (χ2n) is 6.32. The van der Waals surface area contributed by atoms with Gasteiger partial charge in [-0.1, -0.05) is 27.2 Å². The molecule has 0 spiro atoms. The van der Waals surface area contributed by atoms with E-state index in [9.17, 15) is 4.79 Å². The highest BCUT2D eigenvalue weighted by Gasteiger charge is 2.40. The van der Waals surface area contributed by atoms with E-state index in [1.807, 2.05) is 6.92 Å². The zero-order valence-corrected chi connectivity index (χ0v) is 12.6. The first-order valence-corrected chi connectivity index (χ1v) is 7.67. The first-order chi connectivity index (χ1) is 8.50. The maximum atomic E-state index is 12.5. The molecule has 1 fully saturated rings. The van der Waals surface area contributed by atoms with Gasteiger partial charge in [0.1, 0.15) is 5.60 Å². The Morgan fingerprint density at radius 3 is 2.44 bits per heavy atom. The average Bonchev–Trinajstić information content (AvgIpc) is 2.32. The van der Waals surface area contributed by atoms with E-state index in [1.165, 1.54) is 0 Å². The second-order valence-corrected chi connectivity index (χ2v) is 6.32. The minimum atomic E-state index is -0.432. The van der Waals surface area contributed by atoms with E-state index in [2.05, 4.69) is 20.8 Å². The molecule has 1 rings (SSSR count). The molecule has 0 bridgehead atoms. The van der Waals surface area contributed by atoms with Crippen LogP contribution in [0.5, 0.6) is 0 Å². The van der Waals surface area contributed by atoms with Gasteiger partial charge in [-0.2, -0.15) is 0 Å². The largest absolute Gasteiger partial charge is 0.368 e. The van der Waals surface area contributed by atoms with Crippen LogP contribution >= 0.6 is 0 Å². The van der Waals surface area contributed by atoms with Crippen molar-refractivity contribution in [1.29, 1.82) is 0 Å². The quantitative estimate of drug-likeness (QED) is 0.674. The van der Waals surface area contributed by atoms with Gasteiger partial charge in [-0.15, -0.1) is 0 Å². The van der Waals surface area contributed by atoms with E-state index in [4.69, 9.17) is 4.74 Å². The summed E-state index contributed by atoms with van der Waals surface area (Å²) in [7, 11) is 0. The maximum absolute atomic E-state index is 12.5. The van der Waals surface area contributed by atoms with Crippen molar-refractivity contribution >= 4 is 5.78 Å². The molecular formula is C16H30O2. The molecule has 0 aromatic heterocycles. The molecule has 0 unspecified atom stereocenters. The van der Waals surface area contributed by atoms with E-state index < -0.39 is 5.60 Å². The second kappa shape index (κ2) is 7.28.